The third-order valence-electron chi connectivity index (χ3n) is 2.80. The molecule has 2 rings (SSSR count). The summed E-state index contributed by atoms with van der Waals surface area (Å²) in [4.78, 5) is 0. The first-order chi connectivity index (χ1) is 5.58. The van der Waals surface area contributed by atoms with Gasteiger partial charge in [0.2, 0.25) is 0 Å². The summed E-state index contributed by atoms with van der Waals surface area (Å²) in [6.07, 6.45) is 0. The van der Waals surface area contributed by atoms with Gasteiger partial charge in [-0.3, -0.25) is 0 Å². The van der Waals surface area contributed by atoms with E-state index in [2.05, 4.69) is 15.9 Å². The molecule has 0 amide bonds. The summed E-state index contributed by atoms with van der Waals surface area (Å²) in [5, 5.41) is 0.740. The fourth-order valence-corrected chi connectivity index (χ4v) is 5.63. The standard InChI is InChI=1S/C7H11BrO3S/c8-3-7-4-11-1-6(7)2-12(9,10)5-7/h6H,1-5H2/t6-,7-/m0/s1. The first-order valence-electron chi connectivity index (χ1n) is 3.92. The zero-order valence-electron chi connectivity index (χ0n) is 6.62. The molecule has 2 aliphatic heterocycles. The quantitative estimate of drug-likeness (QED) is 0.639. The van der Waals surface area contributed by atoms with Crippen LogP contribution in [0.15, 0.2) is 0 Å². The van der Waals surface area contributed by atoms with E-state index >= 15 is 0 Å². The number of ether oxygens (including phenoxy) is 1. The molecule has 0 aliphatic carbocycles. The molecule has 0 N–H and O–H groups in total. The molecular formula is C7H11BrO3S. The van der Waals surface area contributed by atoms with E-state index in [-0.39, 0.29) is 11.3 Å². The molecular weight excluding hydrogens is 244 g/mol. The number of rotatable bonds is 1. The van der Waals surface area contributed by atoms with E-state index in [4.69, 9.17) is 4.74 Å². The molecule has 0 spiro atoms. The van der Waals surface area contributed by atoms with E-state index in [1.54, 1.807) is 0 Å². The van der Waals surface area contributed by atoms with Crippen LogP contribution in [0.2, 0.25) is 0 Å². The van der Waals surface area contributed by atoms with E-state index < -0.39 is 9.84 Å². The molecule has 2 fully saturated rings. The summed E-state index contributed by atoms with van der Waals surface area (Å²) in [6.45, 7) is 1.22. The van der Waals surface area contributed by atoms with Crippen LogP contribution in [0.4, 0.5) is 0 Å². The lowest BCUT2D eigenvalue weighted by Crippen LogP contribution is -2.30. The molecule has 0 unspecified atom stereocenters. The molecule has 70 valence electrons. The fraction of sp³-hybridized carbons (Fsp3) is 1.00. The van der Waals surface area contributed by atoms with Gasteiger partial charge in [-0.15, -0.1) is 0 Å². The molecule has 0 aromatic carbocycles. The highest BCUT2D eigenvalue weighted by Crippen LogP contribution is 2.43. The van der Waals surface area contributed by atoms with Crippen molar-refractivity contribution >= 4 is 25.8 Å². The zero-order chi connectivity index (χ0) is 8.82. The minimum Gasteiger partial charge on any atom is -0.380 e. The molecule has 0 bridgehead atoms. The summed E-state index contributed by atoms with van der Waals surface area (Å²) in [5.41, 5.74) is -0.112. The largest absolute Gasteiger partial charge is 0.380 e. The third kappa shape index (κ3) is 1.22. The Kier molecular flexibility index (Phi) is 2.01. The summed E-state index contributed by atoms with van der Waals surface area (Å²) in [6, 6.07) is 0. The number of fused-ring (bicyclic) bond motifs is 1. The Morgan fingerprint density at radius 1 is 1.58 bits per heavy atom. The fourth-order valence-electron chi connectivity index (χ4n) is 2.07. The van der Waals surface area contributed by atoms with E-state index in [0.717, 1.165) is 5.33 Å². The molecule has 2 atom stereocenters. The Balaban J connectivity index is 2.32. The predicted octanol–water partition coefficient (Wildman–Crippen LogP) is 0.443. The summed E-state index contributed by atoms with van der Waals surface area (Å²) < 4.78 is 28.0. The van der Waals surface area contributed by atoms with Crippen LogP contribution >= 0.6 is 15.9 Å². The Morgan fingerprint density at radius 2 is 2.33 bits per heavy atom. The second kappa shape index (κ2) is 2.69. The molecule has 12 heavy (non-hydrogen) atoms. The maximum absolute atomic E-state index is 11.3. The highest BCUT2D eigenvalue weighted by molar-refractivity contribution is 9.09. The molecule has 2 heterocycles. The van der Waals surface area contributed by atoms with E-state index in [9.17, 15) is 8.42 Å². The molecule has 0 radical (unpaired) electrons. The molecule has 0 saturated carbocycles. The average molecular weight is 255 g/mol. The maximum Gasteiger partial charge on any atom is 0.151 e. The predicted molar refractivity (Wildman–Crippen MR) is 49.2 cm³/mol. The van der Waals surface area contributed by atoms with Gasteiger partial charge in [-0.2, -0.15) is 0 Å². The second-order valence-corrected chi connectivity index (χ2v) is 6.43. The number of hydrogen-bond donors (Lipinski definition) is 0. The SMILES string of the molecule is O=S1(=O)C[C@@H]2COC[C@@]2(CBr)C1. The molecule has 0 aromatic rings. The van der Waals surface area contributed by atoms with Gasteiger partial charge in [-0.1, -0.05) is 15.9 Å². The van der Waals surface area contributed by atoms with Crippen LogP contribution in [0.3, 0.4) is 0 Å². The summed E-state index contributed by atoms with van der Waals surface area (Å²) >= 11 is 3.38. The van der Waals surface area contributed by atoms with Crippen molar-refractivity contribution in [2.75, 3.05) is 30.0 Å². The number of hydrogen-bond acceptors (Lipinski definition) is 3. The topological polar surface area (TPSA) is 43.4 Å². The second-order valence-electron chi connectivity index (χ2n) is 3.76. The van der Waals surface area contributed by atoms with Crippen LogP contribution in [0.1, 0.15) is 0 Å². The summed E-state index contributed by atoms with van der Waals surface area (Å²) in [5.74, 6) is 0.844. The smallest absolute Gasteiger partial charge is 0.151 e. The molecule has 5 heteroatoms. The highest BCUT2D eigenvalue weighted by Gasteiger charge is 2.53. The van der Waals surface area contributed by atoms with Crippen molar-refractivity contribution in [2.45, 2.75) is 0 Å². The van der Waals surface area contributed by atoms with Crippen LogP contribution in [-0.4, -0.2) is 38.5 Å². The van der Waals surface area contributed by atoms with E-state index in [1.807, 2.05) is 0 Å². The van der Waals surface area contributed by atoms with Crippen molar-refractivity contribution < 1.29 is 13.2 Å². The lowest BCUT2D eigenvalue weighted by Gasteiger charge is -2.21. The third-order valence-corrected chi connectivity index (χ3v) is 5.84. The normalized spacial score (nSPS) is 44.6. The van der Waals surface area contributed by atoms with Gasteiger partial charge in [-0.05, 0) is 0 Å². The van der Waals surface area contributed by atoms with Crippen LogP contribution < -0.4 is 0 Å². The lowest BCUT2D eigenvalue weighted by atomic mass is 9.83. The van der Waals surface area contributed by atoms with Crippen LogP contribution in [0.5, 0.6) is 0 Å². The number of halogens is 1. The minimum atomic E-state index is -2.79. The molecule has 3 nitrogen and oxygen atoms in total. The Morgan fingerprint density at radius 3 is 2.92 bits per heavy atom. The van der Waals surface area contributed by atoms with Gasteiger partial charge in [0.1, 0.15) is 0 Å². The molecule has 0 aromatic heterocycles. The van der Waals surface area contributed by atoms with Crippen molar-refractivity contribution in [2.24, 2.45) is 11.3 Å². The van der Waals surface area contributed by atoms with Gasteiger partial charge >= 0.3 is 0 Å². The van der Waals surface area contributed by atoms with Gasteiger partial charge in [-0.25, -0.2) is 8.42 Å². The Hall–Kier alpha value is 0.390. The first kappa shape index (κ1) is 8.97. The maximum atomic E-state index is 11.3. The van der Waals surface area contributed by atoms with Gasteiger partial charge in [0.05, 0.1) is 24.7 Å². The van der Waals surface area contributed by atoms with Crippen LogP contribution in [-0.2, 0) is 14.6 Å². The lowest BCUT2D eigenvalue weighted by molar-refractivity contribution is 0.168. The van der Waals surface area contributed by atoms with Crippen LogP contribution in [0.25, 0.3) is 0 Å². The van der Waals surface area contributed by atoms with Crippen molar-refractivity contribution in [3.05, 3.63) is 0 Å². The first-order valence-corrected chi connectivity index (χ1v) is 6.86. The highest BCUT2D eigenvalue weighted by atomic mass is 79.9. The van der Waals surface area contributed by atoms with Gasteiger partial charge in [0.15, 0.2) is 9.84 Å². The number of alkyl halides is 1. The van der Waals surface area contributed by atoms with E-state index in [1.165, 1.54) is 0 Å². The minimum absolute atomic E-state index is 0.112. The number of sulfone groups is 1. The van der Waals surface area contributed by atoms with Crippen molar-refractivity contribution in [3.8, 4) is 0 Å². The molecule has 2 aliphatic rings. The zero-order valence-corrected chi connectivity index (χ0v) is 9.03. The monoisotopic (exact) mass is 254 g/mol. The summed E-state index contributed by atoms with van der Waals surface area (Å²) in [7, 11) is -2.79. The van der Waals surface area contributed by atoms with Crippen molar-refractivity contribution in [1.29, 1.82) is 0 Å². The molecule has 2 saturated heterocycles. The Labute approximate surface area is 80.5 Å². The van der Waals surface area contributed by atoms with Gasteiger partial charge < -0.3 is 4.74 Å². The van der Waals surface area contributed by atoms with E-state index in [0.29, 0.717) is 24.7 Å². The average Bonchev–Trinajstić information content (AvgIpc) is 2.40. The van der Waals surface area contributed by atoms with Gasteiger partial charge in [0.25, 0.3) is 0 Å². The van der Waals surface area contributed by atoms with Crippen molar-refractivity contribution in [1.82, 2.24) is 0 Å². The van der Waals surface area contributed by atoms with Crippen LogP contribution in [0, 0.1) is 11.3 Å². The van der Waals surface area contributed by atoms with Crippen molar-refractivity contribution in [3.63, 3.8) is 0 Å². The Bertz CT molecular complexity index is 287. The van der Waals surface area contributed by atoms with Gasteiger partial charge in [0, 0.05) is 16.7 Å².